The van der Waals surface area contributed by atoms with E-state index in [1.807, 2.05) is 0 Å². The third-order valence-electron chi connectivity index (χ3n) is 7.41. The molecular weight excluding hydrogens is 386 g/mol. The zero-order valence-corrected chi connectivity index (χ0v) is 22.9. The molecular formula is C28H60ClN. The number of nitrogens with zero attached hydrogens (tertiary/aromatic N) is 1. The van der Waals surface area contributed by atoms with Gasteiger partial charge in [-0.1, -0.05) is 117 Å². The van der Waals surface area contributed by atoms with Gasteiger partial charge in [0.2, 0.25) is 0 Å². The highest BCUT2D eigenvalue weighted by Crippen LogP contribution is 2.37. The Hall–Kier alpha value is 0.250. The second kappa shape index (κ2) is 21.1. The highest BCUT2D eigenvalue weighted by atomic mass is 35.5. The average Bonchev–Trinajstić information content (AvgIpc) is 2.68. The minimum Gasteiger partial charge on any atom is -1.00 e. The summed E-state index contributed by atoms with van der Waals surface area (Å²) in [5, 5.41) is 0. The standard InChI is InChI=1S/C28H60N.ClH/c1-7-10-13-16-19-22-25-28(29(4,5)6,26-23-20-17-14-11-8-2)27-24-21-18-15-12-9-3;/h7-27H2,1-6H3;1H/q+1;/p-1. The fourth-order valence-corrected chi connectivity index (χ4v) is 5.08. The Bertz CT molecular complexity index is 293. The van der Waals surface area contributed by atoms with Gasteiger partial charge < -0.3 is 16.9 Å². The van der Waals surface area contributed by atoms with E-state index in [9.17, 15) is 0 Å². The Balaban J connectivity index is 0. The highest BCUT2D eigenvalue weighted by Gasteiger charge is 2.41. The van der Waals surface area contributed by atoms with Crippen LogP contribution < -0.4 is 12.4 Å². The maximum Gasteiger partial charge on any atom is 0.0986 e. The monoisotopic (exact) mass is 445 g/mol. The minimum absolute atomic E-state index is 0. The molecule has 0 aromatic rings. The molecule has 30 heavy (non-hydrogen) atoms. The molecule has 0 saturated heterocycles. The molecule has 1 nitrogen and oxygen atoms in total. The molecule has 0 atom stereocenters. The van der Waals surface area contributed by atoms with Gasteiger partial charge in [-0.2, -0.15) is 0 Å². The van der Waals surface area contributed by atoms with E-state index in [2.05, 4.69) is 41.9 Å². The summed E-state index contributed by atoms with van der Waals surface area (Å²) < 4.78 is 1.17. The van der Waals surface area contributed by atoms with Crippen molar-refractivity contribution >= 4 is 0 Å². The van der Waals surface area contributed by atoms with Crippen molar-refractivity contribution < 1.29 is 16.9 Å². The van der Waals surface area contributed by atoms with E-state index < -0.39 is 0 Å². The molecule has 0 amide bonds. The molecule has 0 aliphatic heterocycles. The lowest BCUT2D eigenvalue weighted by Gasteiger charge is -2.47. The van der Waals surface area contributed by atoms with Crippen LogP contribution >= 0.6 is 0 Å². The van der Waals surface area contributed by atoms with E-state index in [1.165, 1.54) is 139 Å². The molecule has 2 heteroatoms. The zero-order valence-electron chi connectivity index (χ0n) is 22.2. The van der Waals surface area contributed by atoms with Crippen LogP contribution in [0.25, 0.3) is 0 Å². The second-order valence-electron chi connectivity index (χ2n) is 10.8. The molecule has 0 bridgehead atoms. The predicted molar refractivity (Wildman–Crippen MR) is 135 cm³/mol. The lowest BCUT2D eigenvalue weighted by molar-refractivity contribution is -0.926. The van der Waals surface area contributed by atoms with Gasteiger partial charge in [0.15, 0.2) is 0 Å². The first-order chi connectivity index (χ1) is 13.9. The molecule has 0 saturated carbocycles. The summed E-state index contributed by atoms with van der Waals surface area (Å²) in [4.78, 5) is 0. The fraction of sp³-hybridized carbons (Fsp3) is 1.00. The van der Waals surface area contributed by atoms with Crippen molar-refractivity contribution in [2.24, 2.45) is 0 Å². The van der Waals surface area contributed by atoms with Crippen molar-refractivity contribution in [3.8, 4) is 0 Å². The van der Waals surface area contributed by atoms with E-state index in [0.717, 1.165) is 0 Å². The summed E-state index contributed by atoms with van der Waals surface area (Å²) >= 11 is 0. The van der Waals surface area contributed by atoms with Crippen molar-refractivity contribution in [2.45, 2.75) is 161 Å². The number of quaternary nitrogens is 1. The normalized spacial score (nSPS) is 12.2. The molecule has 0 fully saturated rings. The van der Waals surface area contributed by atoms with E-state index in [1.54, 1.807) is 0 Å². The summed E-state index contributed by atoms with van der Waals surface area (Å²) in [7, 11) is 7.47. The largest absolute Gasteiger partial charge is 1.00 e. The first-order valence-corrected chi connectivity index (χ1v) is 13.7. The summed E-state index contributed by atoms with van der Waals surface area (Å²) in [5.41, 5.74) is 0.514. The van der Waals surface area contributed by atoms with Gasteiger partial charge in [0.05, 0.1) is 26.7 Å². The van der Waals surface area contributed by atoms with Gasteiger partial charge in [0, 0.05) is 19.3 Å². The van der Waals surface area contributed by atoms with Crippen LogP contribution in [-0.4, -0.2) is 31.2 Å². The first-order valence-electron chi connectivity index (χ1n) is 13.7. The van der Waals surface area contributed by atoms with Crippen LogP contribution in [0.1, 0.15) is 156 Å². The van der Waals surface area contributed by atoms with Crippen LogP contribution in [0.5, 0.6) is 0 Å². The van der Waals surface area contributed by atoms with Crippen molar-refractivity contribution in [1.82, 2.24) is 0 Å². The van der Waals surface area contributed by atoms with Crippen LogP contribution in [-0.2, 0) is 0 Å². The average molecular weight is 446 g/mol. The number of hydrogen-bond acceptors (Lipinski definition) is 0. The van der Waals surface area contributed by atoms with Crippen LogP contribution in [0.3, 0.4) is 0 Å². The minimum atomic E-state index is 0. The molecule has 0 aliphatic rings. The summed E-state index contributed by atoms with van der Waals surface area (Å²) in [5.74, 6) is 0. The van der Waals surface area contributed by atoms with Crippen LogP contribution in [0, 0.1) is 0 Å². The molecule has 0 N–H and O–H groups in total. The van der Waals surface area contributed by atoms with Gasteiger partial charge in [0.25, 0.3) is 0 Å². The van der Waals surface area contributed by atoms with Gasteiger partial charge in [-0.25, -0.2) is 0 Å². The maximum absolute atomic E-state index is 2.49. The molecule has 0 rings (SSSR count). The van der Waals surface area contributed by atoms with Crippen molar-refractivity contribution in [2.75, 3.05) is 21.1 Å². The first kappa shape index (κ1) is 32.4. The summed E-state index contributed by atoms with van der Waals surface area (Å²) in [6.07, 6.45) is 30.1. The molecule has 0 aromatic heterocycles. The smallest absolute Gasteiger partial charge is 0.0986 e. The van der Waals surface area contributed by atoms with Crippen LogP contribution in [0.15, 0.2) is 0 Å². The quantitative estimate of drug-likeness (QED) is 0.129. The van der Waals surface area contributed by atoms with Gasteiger partial charge in [-0.15, -0.1) is 0 Å². The van der Waals surface area contributed by atoms with E-state index in [-0.39, 0.29) is 12.4 Å². The van der Waals surface area contributed by atoms with Crippen molar-refractivity contribution in [1.29, 1.82) is 0 Å². The fourth-order valence-electron chi connectivity index (χ4n) is 5.08. The third kappa shape index (κ3) is 16.0. The predicted octanol–water partition coefficient (Wildman–Crippen LogP) is 6.69. The van der Waals surface area contributed by atoms with Gasteiger partial charge >= 0.3 is 0 Å². The molecule has 0 spiro atoms. The third-order valence-corrected chi connectivity index (χ3v) is 7.41. The number of hydrogen-bond donors (Lipinski definition) is 0. The van der Waals surface area contributed by atoms with E-state index in [0.29, 0.717) is 5.54 Å². The Labute approximate surface area is 199 Å². The molecule has 0 aliphatic carbocycles. The second-order valence-corrected chi connectivity index (χ2v) is 10.8. The van der Waals surface area contributed by atoms with Gasteiger partial charge in [-0.05, 0) is 19.3 Å². The lowest BCUT2D eigenvalue weighted by Crippen LogP contribution is -3.00. The molecule has 0 radical (unpaired) electrons. The summed E-state index contributed by atoms with van der Waals surface area (Å²) in [6, 6.07) is 0. The topological polar surface area (TPSA) is 0 Å². The van der Waals surface area contributed by atoms with Gasteiger partial charge in [-0.3, -0.25) is 0 Å². The SMILES string of the molecule is CCCCCCCCC(CCCCCCCC)(CCCCCCCC)[N+](C)(C)C.[Cl-]. The van der Waals surface area contributed by atoms with Crippen LogP contribution in [0.2, 0.25) is 0 Å². The Kier molecular flexibility index (Phi) is 22.8. The number of rotatable bonds is 22. The van der Waals surface area contributed by atoms with Crippen molar-refractivity contribution in [3.05, 3.63) is 0 Å². The number of halogens is 1. The maximum atomic E-state index is 2.49. The van der Waals surface area contributed by atoms with E-state index in [4.69, 9.17) is 0 Å². The number of unbranched alkanes of at least 4 members (excludes halogenated alkanes) is 15. The summed E-state index contributed by atoms with van der Waals surface area (Å²) in [6.45, 7) is 6.97. The van der Waals surface area contributed by atoms with E-state index >= 15 is 0 Å². The Morgan fingerprint density at radius 1 is 0.400 bits per heavy atom. The van der Waals surface area contributed by atoms with Crippen molar-refractivity contribution in [3.63, 3.8) is 0 Å². The molecule has 0 heterocycles. The van der Waals surface area contributed by atoms with Gasteiger partial charge in [0.1, 0.15) is 0 Å². The zero-order chi connectivity index (χ0) is 21.8. The Morgan fingerprint density at radius 2 is 0.633 bits per heavy atom. The highest BCUT2D eigenvalue weighted by molar-refractivity contribution is 4.81. The molecule has 0 aromatic carbocycles. The molecule has 184 valence electrons. The lowest BCUT2D eigenvalue weighted by atomic mass is 9.79. The van der Waals surface area contributed by atoms with Crippen LogP contribution in [0.4, 0.5) is 0 Å². The molecule has 0 unspecified atom stereocenters. The Morgan fingerprint density at radius 3 is 0.867 bits per heavy atom.